The van der Waals surface area contributed by atoms with Crippen molar-refractivity contribution in [1.29, 1.82) is 0 Å². The first-order valence-corrected chi connectivity index (χ1v) is 7.63. The Morgan fingerprint density at radius 1 is 1.12 bits per heavy atom. The van der Waals surface area contributed by atoms with Gasteiger partial charge in [0.1, 0.15) is 11.6 Å². The third kappa shape index (κ3) is 5.58. The highest BCUT2D eigenvalue weighted by atomic mass is 19.3. The molecule has 0 saturated carbocycles. The standard InChI is InChI=1S/C18H18F3NO4/c1-22(17(23)11-25-14-6-4-13(19)5-7-14)10-12-3-8-15(24-2)16(9-12)26-18(20)21/h3-9,18H,10-11H2,1-2H3. The summed E-state index contributed by atoms with van der Waals surface area (Å²) in [6, 6.07) is 9.80. The second-order valence-electron chi connectivity index (χ2n) is 5.36. The smallest absolute Gasteiger partial charge is 0.387 e. The van der Waals surface area contributed by atoms with E-state index in [4.69, 9.17) is 9.47 Å². The molecular formula is C18H18F3NO4. The molecule has 2 rings (SSSR count). The molecule has 2 aromatic carbocycles. The Bertz CT molecular complexity index is 738. The van der Waals surface area contributed by atoms with Gasteiger partial charge < -0.3 is 19.1 Å². The molecule has 0 bridgehead atoms. The SMILES string of the molecule is COc1ccc(CN(C)C(=O)COc2ccc(F)cc2)cc1OC(F)F. The zero-order valence-corrected chi connectivity index (χ0v) is 14.2. The van der Waals surface area contributed by atoms with Gasteiger partial charge in [-0.25, -0.2) is 4.39 Å². The normalized spacial score (nSPS) is 10.5. The van der Waals surface area contributed by atoms with Crippen LogP contribution in [0.1, 0.15) is 5.56 Å². The number of halogens is 3. The van der Waals surface area contributed by atoms with Gasteiger partial charge in [0.2, 0.25) is 0 Å². The maximum Gasteiger partial charge on any atom is 0.387 e. The predicted molar refractivity (Wildman–Crippen MR) is 88.0 cm³/mol. The van der Waals surface area contributed by atoms with E-state index in [0.29, 0.717) is 11.3 Å². The Kier molecular flexibility index (Phi) is 6.71. The van der Waals surface area contributed by atoms with Gasteiger partial charge in [0, 0.05) is 13.6 Å². The van der Waals surface area contributed by atoms with Crippen LogP contribution in [-0.2, 0) is 11.3 Å². The van der Waals surface area contributed by atoms with Crippen molar-refractivity contribution in [3.8, 4) is 17.2 Å². The van der Waals surface area contributed by atoms with E-state index in [1.165, 1.54) is 48.4 Å². The van der Waals surface area contributed by atoms with Gasteiger partial charge in [0.25, 0.3) is 5.91 Å². The van der Waals surface area contributed by atoms with Crippen molar-refractivity contribution in [2.24, 2.45) is 0 Å². The molecule has 0 radical (unpaired) electrons. The Morgan fingerprint density at radius 2 is 1.81 bits per heavy atom. The number of benzene rings is 2. The lowest BCUT2D eigenvalue weighted by Gasteiger charge is -2.19. The summed E-state index contributed by atoms with van der Waals surface area (Å²) in [4.78, 5) is 13.5. The van der Waals surface area contributed by atoms with E-state index in [0.717, 1.165) is 0 Å². The first kappa shape index (κ1) is 19.4. The molecule has 0 heterocycles. The summed E-state index contributed by atoms with van der Waals surface area (Å²) in [6.45, 7) is -3.06. The Morgan fingerprint density at radius 3 is 2.42 bits per heavy atom. The molecule has 0 aromatic heterocycles. The van der Waals surface area contributed by atoms with E-state index in [2.05, 4.69) is 4.74 Å². The van der Waals surface area contributed by atoms with Crippen LogP contribution in [0.3, 0.4) is 0 Å². The molecule has 26 heavy (non-hydrogen) atoms. The van der Waals surface area contributed by atoms with Crippen LogP contribution in [0.15, 0.2) is 42.5 Å². The van der Waals surface area contributed by atoms with Crippen molar-refractivity contribution in [3.05, 3.63) is 53.8 Å². The average molecular weight is 369 g/mol. The zero-order chi connectivity index (χ0) is 19.1. The van der Waals surface area contributed by atoms with E-state index < -0.39 is 12.4 Å². The van der Waals surface area contributed by atoms with Gasteiger partial charge in [-0.05, 0) is 42.0 Å². The van der Waals surface area contributed by atoms with Crippen molar-refractivity contribution < 1.29 is 32.2 Å². The van der Waals surface area contributed by atoms with Gasteiger partial charge in [0.05, 0.1) is 7.11 Å². The Labute approximate surface area is 148 Å². The number of rotatable bonds is 8. The Balaban J connectivity index is 1.96. The number of ether oxygens (including phenoxy) is 3. The minimum atomic E-state index is -2.98. The molecule has 0 N–H and O–H groups in total. The lowest BCUT2D eigenvalue weighted by molar-refractivity contribution is -0.132. The Hall–Kier alpha value is -2.90. The fraction of sp³-hybridized carbons (Fsp3) is 0.278. The van der Waals surface area contributed by atoms with Crippen LogP contribution in [0, 0.1) is 5.82 Å². The molecule has 5 nitrogen and oxygen atoms in total. The molecule has 8 heteroatoms. The lowest BCUT2D eigenvalue weighted by atomic mass is 10.2. The average Bonchev–Trinajstić information content (AvgIpc) is 2.60. The van der Waals surface area contributed by atoms with Crippen molar-refractivity contribution in [1.82, 2.24) is 4.90 Å². The highest BCUT2D eigenvalue weighted by Crippen LogP contribution is 2.29. The molecule has 140 valence electrons. The predicted octanol–water partition coefficient (Wildman–Crippen LogP) is 3.47. The molecule has 2 aromatic rings. The summed E-state index contributed by atoms with van der Waals surface area (Å²) in [5, 5.41) is 0. The van der Waals surface area contributed by atoms with Crippen LogP contribution in [0.25, 0.3) is 0 Å². The fourth-order valence-corrected chi connectivity index (χ4v) is 2.16. The highest BCUT2D eigenvalue weighted by molar-refractivity contribution is 5.77. The van der Waals surface area contributed by atoms with Gasteiger partial charge in [-0.1, -0.05) is 6.07 Å². The second-order valence-corrected chi connectivity index (χ2v) is 5.36. The molecule has 0 atom stereocenters. The molecule has 0 aliphatic rings. The third-order valence-electron chi connectivity index (χ3n) is 3.47. The van der Waals surface area contributed by atoms with Gasteiger partial charge >= 0.3 is 6.61 Å². The first-order valence-electron chi connectivity index (χ1n) is 7.63. The number of carbonyl (C=O) groups is 1. The largest absolute Gasteiger partial charge is 0.493 e. The minimum Gasteiger partial charge on any atom is -0.493 e. The number of alkyl halides is 2. The summed E-state index contributed by atoms with van der Waals surface area (Å²) in [6.07, 6.45) is 0. The van der Waals surface area contributed by atoms with Crippen LogP contribution in [-0.4, -0.2) is 38.2 Å². The van der Waals surface area contributed by atoms with Crippen LogP contribution in [0.4, 0.5) is 13.2 Å². The van der Waals surface area contributed by atoms with Crippen LogP contribution < -0.4 is 14.2 Å². The maximum absolute atomic E-state index is 12.8. The number of hydrogen-bond donors (Lipinski definition) is 0. The van der Waals surface area contributed by atoms with E-state index in [9.17, 15) is 18.0 Å². The quantitative estimate of drug-likeness (QED) is 0.715. The summed E-state index contributed by atoms with van der Waals surface area (Å²) in [5.41, 5.74) is 0.582. The molecule has 0 spiro atoms. The number of hydrogen-bond acceptors (Lipinski definition) is 4. The molecular weight excluding hydrogens is 351 g/mol. The van der Waals surface area contributed by atoms with Crippen molar-refractivity contribution in [3.63, 3.8) is 0 Å². The fourth-order valence-electron chi connectivity index (χ4n) is 2.16. The van der Waals surface area contributed by atoms with E-state index >= 15 is 0 Å². The summed E-state index contributed by atoms with van der Waals surface area (Å²) in [7, 11) is 2.89. The van der Waals surface area contributed by atoms with Crippen molar-refractivity contribution in [2.75, 3.05) is 20.8 Å². The van der Waals surface area contributed by atoms with Crippen LogP contribution in [0.5, 0.6) is 17.2 Å². The summed E-state index contributed by atoms with van der Waals surface area (Å²) in [5.74, 6) is -0.306. The van der Waals surface area contributed by atoms with Crippen LogP contribution >= 0.6 is 0 Å². The number of nitrogens with zero attached hydrogens (tertiary/aromatic N) is 1. The third-order valence-corrected chi connectivity index (χ3v) is 3.47. The van der Waals surface area contributed by atoms with Gasteiger partial charge in [0.15, 0.2) is 18.1 Å². The lowest BCUT2D eigenvalue weighted by Crippen LogP contribution is -2.31. The number of methoxy groups -OCH3 is 1. The highest BCUT2D eigenvalue weighted by Gasteiger charge is 2.14. The van der Waals surface area contributed by atoms with Gasteiger partial charge in [-0.3, -0.25) is 4.79 Å². The van der Waals surface area contributed by atoms with E-state index in [-0.39, 0.29) is 30.6 Å². The molecule has 0 aliphatic carbocycles. The van der Waals surface area contributed by atoms with Gasteiger partial charge in [-0.2, -0.15) is 8.78 Å². The number of likely N-dealkylation sites (N-methyl/N-ethyl adjacent to an activating group) is 1. The monoisotopic (exact) mass is 369 g/mol. The van der Waals surface area contributed by atoms with E-state index in [1.54, 1.807) is 13.1 Å². The number of carbonyl (C=O) groups excluding carboxylic acids is 1. The zero-order valence-electron chi connectivity index (χ0n) is 14.2. The first-order chi connectivity index (χ1) is 12.4. The topological polar surface area (TPSA) is 48.0 Å². The molecule has 0 aliphatic heterocycles. The van der Waals surface area contributed by atoms with Crippen molar-refractivity contribution in [2.45, 2.75) is 13.2 Å². The summed E-state index contributed by atoms with van der Waals surface area (Å²) < 4.78 is 52.4. The van der Waals surface area contributed by atoms with E-state index in [1.807, 2.05) is 0 Å². The molecule has 0 unspecified atom stereocenters. The number of amides is 1. The maximum atomic E-state index is 12.8. The molecule has 0 saturated heterocycles. The second kappa shape index (κ2) is 8.98. The molecule has 1 amide bonds. The van der Waals surface area contributed by atoms with Crippen molar-refractivity contribution >= 4 is 5.91 Å². The van der Waals surface area contributed by atoms with Gasteiger partial charge in [-0.15, -0.1) is 0 Å². The minimum absolute atomic E-state index is 0.108. The molecule has 0 fully saturated rings. The summed E-state index contributed by atoms with van der Waals surface area (Å²) >= 11 is 0. The van der Waals surface area contributed by atoms with Crippen LogP contribution in [0.2, 0.25) is 0 Å².